The summed E-state index contributed by atoms with van der Waals surface area (Å²) in [5, 5.41) is 0. The Kier molecular flexibility index (Phi) is 3.48. The number of aromatic nitrogens is 1. The van der Waals surface area contributed by atoms with E-state index in [2.05, 4.69) is 42.7 Å². The van der Waals surface area contributed by atoms with Gasteiger partial charge in [-0.15, -0.1) is 6.42 Å². The first-order chi connectivity index (χ1) is 8.99. The van der Waals surface area contributed by atoms with Crippen molar-refractivity contribution in [1.29, 1.82) is 0 Å². The van der Waals surface area contributed by atoms with E-state index in [1.807, 2.05) is 13.8 Å². The maximum atomic E-state index is 5.53. The Balaban J connectivity index is 2.51. The van der Waals surface area contributed by atoms with Gasteiger partial charge < -0.3 is 4.98 Å². The standard InChI is InChI=1S/C17H20N2/c1-7-14-10(3)16(18-12(14)5)9-17-11(4)15(8-2)13(6)19-17/h1,9,19H,8H2,2-6H3/b16-9-. The van der Waals surface area contributed by atoms with Gasteiger partial charge in [0.25, 0.3) is 0 Å². The molecule has 0 saturated heterocycles. The van der Waals surface area contributed by atoms with Crippen molar-refractivity contribution in [2.45, 2.75) is 41.0 Å². The summed E-state index contributed by atoms with van der Waals surface area (Å²) in [5.74, 6) is 2.72. The molecule has 0 amide bonds. The van der Waals surface area contributed by atoms with Gasteiger partial charge in [-0.3, -0.25) is 4.99 Å². The van der Waals surface area contributed by atoms with Crippen LogP contribution in [0.1, 0.15) is 43.3 Å². The summed E-state index contributed by atoms with van der Waals surface area (Å²) in [5.41, 5.74) is 8.99. The quantitative estimate of drug-likeness (QED) is 0.772. The molecule has 2 nitrogen and oxygen atoms in total. The molecule has 1 N–H and O–H groups in total. The average Bonchev–Trinajstić information content (AvgIpc) is 2.78. The molecule has 19 heavy (non-hydrogen) atoms. The fourth-order valence-electron chi connectivity index (χ4n) is 2.70. The number of nitrogens with zero attached hydrogens (tertiary/aromatic N) is 1. The predicted molar refractivity (Wildman–Crippen MR) is 82.3 cm³/mol. The monoisotopic (exact) mass is 252 g/mol. The minimum absolute atomic E-state index is 0.919. The zero-order chi connectivity index (χ0) is 14.2. The SMILES string of the molecule is C#CC1=C(C)/C(=C/c2[nH]c(C)c(CC)c2C)N=C1C. The smallest absolute Gasteiger partial charge is 0.0696 e. The third-order valence-corrected chi connectivity index (χ3v) is 3.82. The Bertz CT molecular complexity index is 658. The highest BCUT2D eigenvalue weighted by Gasteiger charge is 2.17. The summed E-state index contributed by atoms with van der Waals surface area (Å²) in [6.45, 7) is 10.4. The molecule has 0 saturated carbocycles. The van der Waals surface area contributed by atoms with Crippen molar-refractivity contribution in [3.8, 4) is 12.3 Å². The lowest BCUT2D eigenvalue weighted by Crippen LogP contribution is -1.89. The molecule has 2 rings (SSSR count). The number of aromatic amines is 1. The van der Waals surface area contributed by atoms with E-state index in [0.29, 0.717) is 0 Å². The molecule has 2 heteroatoms. The highest BCUT2D eigenvalue weighted by Crippen LogP contribution is 2.28. The lowest BCUT2D eigenvalue weighted by atomic mass is 10.0. The van der Waals surface area contributed by atoms with Crippen molar-refractivity contribution < 1.29 is 0 Å². The first kappa shape index (κ1) is 13.4. The molecule has 1 aliphatic heterocycles. The second-order valence-electron chi connectivity index (χ2n) is 4.99. The number of terminal acetylenes is 1. The molecule has 0 bridgehead atoms. The maximum absolute atomic E-state index is 5.53. The summed E-state index contributed by atoms with van der Waals surface area (Å²) in [4.78, 5) is 8.00. The third kappa shape index (κ3) is 2.17. The van der Waals surface area contributed by atoms with Gasteiger partial charge in [-0.05, 0) is 56.9 Å². The zero-order valence-electron chi connectivity index (χ0n) is 12.3. The summed E-state index contributed by atoms with van der Waals surface area (Å²) in [7, 11) is 0. The van der Waals surface area contributed by atoms with E-state index in [-0.39, 0.29) is 0 Å². The van der Waals surface area contributed by atoms with Crippen LogP contribution in [0.25, 0.3) is 6.08 Å². The third-order valence-electron chi connectivity index (χ3n) is 3.82. The van der Waals surface area contributed by atoms with Gasteiger partial charge in [-0.2, -0.15) is 0 Å². The van der Waals surface area contributed by atoms with Crippen LogP contribution < -0.4 is 0 Å². The fraction of sp³-hybridized carbons (Fsp3) is 0.353. The molecule has 0 spiro atoms. The van der Waals surface area contributed by atoms with Crippen LogP contribution in [0.5, 0.6) is 0 Å². The molecule has 0 aliphatic carbocycles. The van der Waals surface area contributed by atoms with E-state index in [9.17, 15) is 0 Å². The van der Waals surface area contributed by atoms with Crippen LogP contribution in [0.4, 0.5) is 0 Å². The molecule has 2 heterocycles. The Morgan fingerprint density at radius 1 is 1.26 bits per heavy atom. The van der Waals surface area contributed by atoms with Crippen LogP contribution in [-0.2, 0) is 6.42 Å². The number of nitrogens with one attached hydrogen (secondary N) is 1. The Morgan fingerprint density at radius 3 is 2.42 bits per heavy atom. The lowest BCUT2D eigenvalue weighted by molar-refractivity contribution is 1.08. The molecule has 98 valence electrons. The molecule has 1 aromatic heterocycles. The summed E-state index contributed by atoms with van der Waals surface area (Å²) < 4.78 is 0. The second-order valence-corrected chi connectivity index (χ2v) is 4.99. The molecule has 0 unspecified atom stereocenters. The number of aliphatic imine (C=N–C) groups is 1. The van der Waals surface area contributed by atoms with Crippen LogP contribution >= 0.6 is 0 Å². The second kappa shape index (κ2) is 4.93. The van der Waals surface area contributed by atoms with Crippen molar-refractivity contribution in [2.24, 2.45) is 4.99 Å². The first-order valence-electron chi connectivity index (χ1n) is 6.62. The molecule has 1 aliphatic rings. The number of H-pyrrole nitrogens is 1. The van der Waals surface area contributed by atoms with E-state index in [1.165, 1.54) is 16.8 Å². The number of aryl methyl sites for hydroxylation is 1. The Hall–Kier alpha value is -2.01. The van der Waals surface area contributed by atoms with Crippen molar-refractivity contribution in [3.05, 3.63) is 39.4 Å². The fourth-order valence-corrected chi connectivity index (χ4v) is 2.70. The summed E-state index contributed by atoms with van der Waals surface area (Å²) >= 11 is 0. The van der Waals surface area contributed by atoms with Crippen molar-refractivity contribution >= 4 is 11.8 Å². The minimum Gasteiger partial charge on any atom is -0.359 e. The van der Waals surface area contributed by atoms with Crippen LogP contribution in [0.3, 0.4) is 0 Å². The predicted octanol–water partition coefficient (Wildman–Crippen LogP) is 3.96. The van der Waals surface area contributed by atoms with Crippen LogP contribution in [0.15, 0.2) is 21.8 Å². The lowest BCUT2D eigenvalue weighted by Gasteiger charge is -1.99. The van der Waals surface area contributed by atoms with E-state index in [4.69, 9.17) is 6.42 Å². The Labute approximate surface area is 115 Å². The van der Waals surface area contributed by atoms with Gasteiger partial charge >= 0.3 is 0 Å². The van der Waals surface area contributed by atoms with E-state index in [1.54, 1.807) is 0 Å². The molecule has 0 radical (unpaired) electrons. The van der Waals surface area contributed by atoms with Crippen molar-refractivity contribution in [3.63, 3.8) is 0 Å². The van der Waals surface area contributed by atoms with E-state index in [0.717, 1.165) is 34.7 Å². The van der Waals surface area contributed by atoms with Gasteiger partial charge in [0.05, 0.1) is 17.0 Å². The summed E-state index contributed by atoms with van der Waals surface area (Å²) in [6.07, 6.45) is 8.67. The maximum Gasteiger partial charge on any atom is 0.0696 e. The van der Waals surface area contributed by atoms with Gasteiger partial charge in [0.2, 0.25) is 0 Å². The van der Waals surface area contributed by atoms with Gasteiger partial charge in [0.15, 0.2) is 0 Å². The van der Waals surface area contributed by atoms with Crippen LogP contribution in [0.2, 0.25) is 0 Å². The number of rotatable bonds is 2. The highest BCUT2D eigenvalue weighted by atomic mass is 14.8. The molecule has 0 aromatic carbocycles. The molecule has 0 fully saturated rings. The van der Waals surface area contributed by atoms with Crippen molar-refractivity contribution in [1.82, 2.24) is 4.98 Å². The van der Waals surface area contributed by atoms with Gasteiger partial charge in [0, 0.05) is 11.4 Å². The summed E-state index contributed by atoms with van der Waals surface area (Å²) in [6, 6.07) is 0. The van der Waals surface area contributed by atoms with Crippen LogP contribution in [0, 0.1) is 26.2 Å². The first-order valence-corrected chi connectivity index (χ1v) is 6.62. The Morgan fingerprint density at radius 2 is 1.95 bits per heavy atom. The molecular formula is C17H20N2. The highest BCUT2D eigenvalue weighted by molar-refractivity contribution is 6.07. The molecule has 1 aromatic rings. The molecule has 0 atom stereocenters. The molecular weight excluding hydrogens is 232 g/mol. The number of hydrogen-bond donors (Lipinski definition) is 1. The van der Waals surface area contributed by atoms with Crippen molar-refractivity contribution in [2.75, 3.05) is 0 Å². The van der Waals surface area contributed by atoms with E-state index >= 15 is 0 Å². The topological polar surface area (TPSA) is 28.1 Å². The van der Waals surface area contributed by atoms with Gasteiger partial charge in [0.1, 0.15) is 0 Å². The van der Waals surface area contributed by atoms with Gasteiger partial charge in [-0.1, -0.05) is 12.8 Å². The number of allylic oxidation sites excluding steroid dienone is 2. The number of hydrogen-bond acceptors (Lipinski definition) is 1. The largest absolute Gasteiger partial charge is 0.359 e. The van der Waals surface area contributed by atoms with E-state index < -0.39 is 0 Å². The zero-order valence-corrected chi connectivity index (χ0v) is 12.3. The van der Waals surface area contributed by atoms with Crippen LogP contribution in [-0.4, -0.2) is 10.7 Å². The average molecular weight is 252 g/mol. The normalized spacial score (nSPS) is 17.1. The van der Waals surface area contributed by atoms with Gasteiger partial charge in [-0.25, -0.2) is 0 Å². The minimum atomic E-state index is 0.919.